The van der Waals surface area contributed by atoms with Crippen LogP contribution in [0.1, 0.15) is 32.1 Å². The topological polar surface area (TPSA) is 65.3 Å². The van der Waals surface area contributed by atoms with Crippen molar-refractivity contribution >= 4 is 29.9 Å². The molecular formula is C19H38IN5O2. The summed E-state index contributed by atoms with van der Waals surface area (Å²) in [5.41, 5.74) is 0. The number of halogens is 1. The van der Waals surface area contributed by atoms with E-state index in [9.17, 15) is 0 Å². The predicted molar refractivity (Wildman–Crippen MR) is 123 cm³/mol. The van der Waals surface area contributed by atoms with Crippen LogP contribution < -0.4 is 10.6 Å². The zero-order chi connectivity index (χ0) is 19.2. The molecule has 0 aliphatic carbocycles. The second kappa shape index (κ2) is 16.1. The lowest BCUT2D eigenvalue weighted by atomic mass is 10.2. The van der Waals surface area contributed by atoms with E-state index in [-0.39, 0.29) is 30.0 Å². The highest BCUT2D eigenvalue weighted by Crippen LogP contribution is 2.20. The van der Waals surface area contributed by atoms with Crippen molar-refractivity contribution in [1.82, 2.24) is 20.4 Å². The van der Waals surface area contributed by atoms with E-state index in [1.807, 2.05) is 12.1 Å². The molecule has 0 saturated carbocycles. The third-order valence-corrected chi connectivity index (χ3v) is 4.49. The minimum atomic E-state index is 0. The Labute approximate surface area is 181 Å². The van der Waals surface area contributed by atoms with Gasteiger partial charge in [-0.15, -0.1) is 24.0 Å². The van der Waals surface area contributed by atoms with Gasteiger partial charge < -0.3 is 24.7 Å². The molecule has 0 aromatic carbocycles. The molecule has 8 heteroatoms. The Balaban J connectivity index is 0.00000676. The van der Waals surface area contributed by atoms with Crippen molar-refractivity contribution in [3.05, 3.63) is 24.2 Å². The molecule has 1 heterocycles. The monoisotopic (exact) mass is 495 g/mol. The standard InChI is InChI=1S/C19H37N5O2.HI/c1-6-24(7-2)17(18-10-8-15-26-18)16-22-19(20-3)21-11-13-23(4)12-9-14-25-5;/h8,10,15,17H,6-7,9,11-14,16H2,1-5H3,(H2,20,21,22);1H. The summed E-state index contributed by atoms with van der Waals surface area (Å²) < 4.78 is 10.7. The summed E-state index contributed by atoms with van der Waals surface area (Å²) in [4.78, 5) is 9.00. The summed E-state index contributed by atoms with van der Waals surface area (Å²) in [5.74, 6) is 1.80. The molecule has 1 unspecified atom stereocenters. The largest absolute Gasteiger partial charge is 0.468 e. The van der Waals surface area contributed by atoms with Gasteiger partial charge in [0.1, 0.15) is 5.76 Å². The van der Waals surface area contributed by atoms with Crippen LogP contribution in [0.2, 0.25) is 0 Å². The minimum Gasteiger partial charge on any atom is -0.468 e. The first-order chi connectivity index (χ1) is 12.7. The first kappa shape index (κ1) is 26.2. The van der Waals surface area contributed by atoms with Gasteiger partial charge in [0.15, 0.2) is 5.96 Å². The van der Waals surface area contributed by atoms with Crippen LogP contribution in [0.25, 0.3) is 0 Å². The van der Waals surface area contributed by atoms with Gasteiger partial charge in [0.2, 0.25) is 0 Å². The third-order valence-electron chi connectivity index (χ3n) is 4.49. The molecule has 0 amide bonds. The first-order valence-corrected chi connectivity index (χ1v) is 9.55. The number of hydrogen-bond acceptors (Lipinski definition) is 5. The fourth-order valence-electron chi connectivity index (χ4n) is 2.92. The highest BCUT2D eigenvalue weighted by atomic mass is 127. The first-order valence-electron chi connectivity index (χ1n) is 9.55. The van der Waals surface area contributed by atoms with Crippen molar-refractivity contribution in [3.63, 3.8) is 0 Å². The Hall–Kier alpha value is -0.840. The van der Waals surface area contributed by atoms with Crippen molar-refractivity contribution in [3.8, 4) is 0 Å². The lowest BCUT2D eigenvalue weighted by Gasteiger charge is -2.29. The van der Waals surface area contributed by atoms with Crippen LogP contribution in [-0.4, -0.2) is 82.8 Å². The number of rotatable bonds is 13. The second-order valence-corrected chi connectivity index (χ2v) is 6.28. The van der Waals surface area contributed by atoms with Crippen LogP contribution >= 0.6 is 24.0 Å². The third kappa shape index (κ3) is 10.3. The molecule has 7 nitrogen and oxygen atoms in total. The zero-order valence-electron chi connectivity index (χ0n) is 17.5. The van der Waals surface area contributed by atoms with Crippen molar-refractivity contribution in [2.24, 2.45) is 4.99 Å². The summed E-state index contributed by atoms with van der Waals surface area (Å²) in [6.45, 7) is 10.7. The van der Waals surface area contributed by atoms with E-state index >= 15 is 0 Å². The minimum absolute atomic E-state index is 0. The number of nitrogens with zero attached hydrogens (tertiary/aromatic N) is 3. The van der Waals surface area contributed by atoms with E-state index < -0.39 is 0 Å². The summed E-state index contributed by atoms with van der Waals surface area (Å²) >= 11 is 0. The Morgan fingerprint density at radius 3 is 2.56 bits per heavy atom. The molecule has 0 radical (unpaired) electrons. The normalized spacial score (nSPS) is 12.9. The van der Waals surface area contributed by atoms with Gasteiger partial charge >= 0.3 is 0 Å². The summed E-state index contributed by atoms with van der Waals surface area (Å²) in [7, 11) is 5.67. The van der Waals surface area contributed by atoms with Gasteiger partial charge in [-0.25, -0.2) is 0 Å². The number of hydrogen-bond donors (Lipinski definition) is 2. The molecule has 0 aliphatic heterocycles. The van der Waals surface area contributed by atoms with Gasteiger partial charge in [-0.3, -0.25) is 9.89 Å². The van der Waals surface area contributed by atoms with Crippen LogP contribution in [0.15, 0.2) is 27.8 Å². The molecule has 1 atom stereocenters. The van der Waals surface area contributed by atoms with Crippen LogP contribution in [0.3, 0.4) is 0 Å². The smallest absolute Gasteiger partial charge is 0.191 e. The van der Waals surface area contributed by atoms with Crippen LogP contribution in [0, 0.1) is 0 Å². The molecule has 158 valence electrons. The summed E-state index contributed by atoms with van der Waals surface area (Å²) in [6, 6.07) is 4.17. The summed E-state index contributed by atoms with van der Waals surface area (Å²) in [6.07, 6.45) is 2.78. The summed E-state index contributed by atoms with van der Waals surface area (Å²) in [5, 5.41) is 6.81. The van der Waals surface area contributed by atoms with Crippen molar-refractivity contribution < 1.29 is 9.15 Å². The zero-order valence-corrected chi connectivity index (χ0v) is 19.9. The number of likely N-dealkylation sites (N-methyl/N-ethyl adjacent to an activating group) is 2. The molecule has 1 aromatic rings. The molecule has 0 bridgehead atoms. The van der Waals surface area contributed by atoms with Gasteiger partial charge in [-0.1, -0.05) is 13.8 Å². The molecule has 0 saturated heterocycles. The maximum atomic E-state index is 5.65. The maximum absolute atomic E-state index is 5.65. The van der Waals surface area contributed by atoms with Crippen molar-refractivity contribution in [2.45, 2.75) is 26.3 Å². The molecular weight excluding hydrogens is 457 g/mol. The number of ether oxygens (including phenoxy) is 1. The number of aliphatic imine (C=N–C) groups is 1. The van der Waals surface area contributed by atoms with Gasteiger partial charge in [-0.05, 0) is 38.7 Å². The lowest BCUT2D eigenvalue weighted by Crippen LogP contribution is -2.45. The van der Waals surface area contributed by atoms with Gasteiger partial charge in [0, 0.05) is 46.9 Å². The Bertz CT molecular complexity index is 480. The van der Waals surface area contributed by atoms with Crippen LogP contribution in [0.5, 0.6) is 0 Å². The fraction of sp³-hybridized carbons (Fsp3) is 0.737. The van der Waals surface area contributed by atoms with E-state index in [0.717, 1.165) is 64.0 Å². The highest BCUT2D eigenvalue weighted by molar-refractivity contribution is 14.0. The van der Waals surface area contributed by atoms with E-state index in [4.69, 9.17) is 9.15 Å². The second-order valence-electron chi connectivity index (χ2n) is 6.28. The highest BCUT2D eigenvalue weighted by Gasteiger charge is 2.20. The number of nitrogens with one attached hydrogen (secondary N) is 2. The molecule has 27 heavy (non-hydrogen) atoms. The van der Waals surface area contributed by atoms with Crippen molar-refractivity contribution in [2.75, 3.05) is 67.1 Å². The lowest BCUT2D eigenvalue weighted by molar-refractivity contribution is 0.180. The van der Waals surface area contributed by atoms with Crippen LogP contribution in [0.4, 0.5) is 0 Å². The Morgan fingerprint density at radius 1 is 1.26 bits per heavy atom. The quantitative estimate of drug-likeness (QED) is 0.190. The maximum Gasteiger partial charge on any atom is 0.191 e. The predicted octanol–water partition coefficient (Wildman–Crippen LogP) is 2.41. The molecule has 1 aromatic heterocycles. The molecule has 1 rings (SSSR count). The molecule has 2 N–H and O–H groups in total. The van der Waals surface area contributed by atoms with Crippen LogP contribution in [-0.2, 0) is 4.74 Å². The number of furan rings is 1. The van der Waals surface area contributed by atoms with E-state index in [2.05, 4.69) is 46.3 Å². The fourth-order valence-corrected chi connectivity index (χ4v) is 2.92. The average Bonchev–Trinajstić information content (AvgIpc) is 3.18. The SMILES string of the molecule is CCN(CC)C(CNC(=NC)NCCN(C)CCCOC)c1ccco1.I. The molecule has 0 aliphatic rings. The average molecular weight is 495 g/mol. The number of methoxy groups -OCH3 is 1. The van der Waals surface area contributed by atoms with E-state index in [1.165, 1.54) is 0 Å². The van der Waals surface area contributed by atoms with E-state index in [1.54, 1.807) is 20.4 Å². The van der Waals surface area contributed by atoms with Gasteiger partial charge in [0.25, 0.3) is 0 Å². The number of guanidine groups is 1. The van der Waals surface area contributed by atoms with Gasteiger partial charge in [-0.2, -0.15) is 0 Å². The molecule has 0 fully saturated rings. The Kier molecular flexibility index (Phi) is 15.6. The van der Waals surface area contributed by atoms with Gasteiger partial charge in [0.05, 0.1) is 12.3 Å². The molecule has 0 spiro atoms. The van der Waals surface area contributed by atoms with Crippen molar-refractivity contribution in [1.29, 1.82) is 0 Å². The van der Waals surface area contributed by atoms with E-state index in [0.29, 0.717) is 0 Å². The Morgan fingerprint density at radius 2 is 2.00 bits per heavy atom.